The van der Waals surface area contributed by atoms with Crippen molar-refractivity contribution in [1.82, 2.24) is 10.6 Å². The third-order valence-electron chi connectivity index (χ3n) is 5.01. The van der Waals surface area contributed by atoms with Crippen LogP contribution >= 0.6 is 0 Å². The molecular formula is C14H26N2O3. The Labute approximate surface area is 115 Å². The molecule has 0 heterocycles. The molecule has 19 heavy (non-hydrogen) atoms. The zero-order chi connectivity index (χ0) is 15.0. The van der Waals surface area contributed by atoms with E-state index in [0.717, 1.165) is 0 Å². The highest BCUT2D eigenvalue weighted by atomic mass is 16.4. The van der Waals surface area contributed by atoms with Gasteiger partial charge in [0.15, 0.2) is 0 Å². The first kappa shape index (κ1) is 15.8. The molecular weight excluding hydrogens is 244 g/mol. The molecule has 5 nitrogen and oxygen atoms in total. The second kappa shape index (κ2) is 5.02. The van der Waals surface area contributed by atoms with Crippen LogP contribution in [0.1, 0.15) is 41.5 Å². The van der Waals surface area contributed by atoms with Gasteiger partial charge in [0.05, 0.1) is 0 Å². The average Bonchev–Trinajstić information content (AvgIpc) is 2.62. The van der Waals surface area contributed by atoms with E-state index in [4.69, 9.17) is 5.11 Å². The van der Waals surface area contributed by atoms with Crippen molar-refractivity contribution in [2.75, 3.05) is 6.54 Å². The molecule has 2 amide bonds. The first-order chi connectivity index (χ1) is 8.51. The van der Waals surface area contributed by atoms with Crippen molar-refractivity contribution in [2.45, 2.75) is 47.6 Å². The maximum atomic E-state index is 11.7. The minimum absolute atomic E-state index is 0.142. The molecule has 0 saturated heterocycles. The maximum Gasteiger partial charge on any atom is 0.326 e. The molecule has 1 fully saturated rings. The molecule has 110 valence electrons. The van der Waals surface area contributed by atoms with Crippen molar-refractivity contribution in [2.24, 2.45) is 22.7 Å². The number of carbonyl (C=O) groups is 2. The van der Waals surface area contributed by atoms with Crippen molar-refractivity contribution in [3.63, 3.8) is 0 Å². The number of aliphatic carboxylic acids is 1. The maximum absolute atomic E-state index is 11.7. The summed E-state index contributed by atoms with van der Waals surface area (Å²) in [5.41, 5.74) is 0.426. The minimum Gasteiger partial charge on any atom is -0.480 e. The smallest absolute Gasteiger partial charge is 0.326 e. The molecule has 0 aromatic heterocycles. The van der Waals surface area contributed by atoms with Gasteiger partial charge in [0.1, 0.15) is 6.04 Å². The van der Waals surface area contributed by atoms with E-state index in [1.807, 2.05) is 0 Å². The number of nitrogens with one attached hydrogen (secondary N) is 2. The van der Waals surface area contributed by atoms with E-state index < -0.39 is 18.0 Å². The number of rotatable bonds is 5. The van der Waals surface area contributed by atoms with Gasteiger partial charge in [0.2, 0.25) is 0 Å². The molecule has 1 saturated carbocycles. The molecule has 1 aliphatic rings. The molecule has 5 heteroatoms. The fraction of sp³-hybridized carbons (Fsp3) is 0.857. The fourth-order valence-corrected chi connectivity index (χ4v) is 2.74. The first-order valence-electron chi connectivity index (χ1n) is 6.79. The number of carboxylic acids is 1. The van der Waals surface area contributed by atoms with Gasteiger partial charge < -0.3 is 15.7 Å². The van der Waals surface area contributed by atoms with Crippen LogP contribution in [0.4, 0.5) is 4.79 Å². The van der Waals surface area contributed by atoms with Crippen LogP contribution in [-0.2, 0) is 4.79 Å². The molecule has 0 aromatic rings. The molecule has 0 unspecified atom stereocenters. The largest absolute Gasteiger partial charge is 0.480 e. The van der Waals surface area contributed by atoms with E-state index in [2.05, 4.69) is 38.3 Å². The number of amides is 2. The molecule has 0 radical (unpaired) electrons. The van der Waals surface area contributed by atoms with Gasteiger partial charge in [-0.2, -0.15) is 0 Å². The van der Waals surface area contributed by atoms with Gasteiger partial charge in [-0.25, -0.2) is 9.59 Å². The van der Waals surface area contributed by atoms with E-state index >= 15 is 0 Å². The Hall–Kier alpha value is -1.26. The molecule has 0 aliphatic heterocycles. The number of carboxylic acid groups (broad SMARTS) is 1. The second-order valence-electron chi connectivity index (χ2n) is 6.91. The molecule has 0 bridgehead atoms. The average molecular weight is 270 g/mol. The number of carbonyl (C=O) groups excluding carboxylic acids is 1. The van der Waals surface area contributed by atoms with Gasteiger partial charge in [-0.15, -0.1) is 0 Å². The molecule has 1 aliphatic carbocycles. The Morgan fingerprint density at radius 3 is 1.95 bits per heavy atom. The summed E-state index contributed by atoms with van der Waals surface area (Å²) in [5.74, 6) is -0.720. The lowest BCUT2D eigenvalue weighted by molar-refractivity contribution is -0.140. The molecule has 0 aromatic carbocycles. The minimum atomic E-state index is -1.00. The molecule has 1 rings (SSSR count). The van der Waals surface area contributed by atoms with Gasteiger partial charge >= 0.3 is 12.0 Å². The highest BCUT2D eigenvalue weighted by Gasteiger charge is 2.64. The first-order valence-corrected chi connectivity index (χ1v) is 6.79. The number of hydrogen-bond donors (Lipinski definition) is 3. The Balaban J connectivity index is 2.43. The molecule has 1 atom stereocenters. The molecule has 3 N–H and O–H groups in total. The van der Waals surface area contributed by atoms with E-state index in [1.54, 1.807) is 13.8 Å². The number of hydrogen-bond acceptors (Lipinski definition) is 2. The molecule has 0 spiro atoms. The van der Waals surface area contributed by atoms with Crippen molar-refractivity contribution in [3.8, 4) is 0 Å². The summed E-state index contributed by atoms with van der Waals surface area (Å²) in [6.45, 7) is 12.9. The van der Waals surface area contributed by atoms with Crippen molar-refractivity contribution < 1.29 is 14.7 Å². The van der Waals surface area contributed by atoms with Crippen molar-refractivity contribution in [1.29, 1.82) is 0 Å². The van der Waals surface area contributed by atoms with Crippen LogP contribution in [0.25, 0.3) is 0 Å². The summed E-state index contributed by atoms with van der Waals surface area (Å²) in [5, 5.41) is 14.3. The van der Waals surface area contributed by atoms with Gasteiger partial charge in [0, 0.05) is 6.54 Å². The highest BCUT2D eigenvalue weighted by molar-refractivity contribution is 5.82. The summed E-state index contributed by atoms with van der Waals surface area (Å²) in [7, 11) is 0. The summed E-state index contributed by atoms with van der Waals surface area (Å²) in [6.07, 6.45) is 0. The number of urea groups is 1. The van der Waals surface area contributed by atoms with Gasteiger partial charge in [0.25, 0.3) is 0 Å². The predicted molar refractivity (Wildman–Crippen MR) is 73.8 cm³/mol. The van der Waals surface area contributed by atoms with Gasteiger partial charge in [-0.1, -0.05) is 41.5 Å². The fourth-order valence-electron chi connectivity index (χ4n) is 2.74. The van der Waals surface area contributed by atoms with Crippen molar-refractivity contribution >= 4 is 12.0 Å². The van der Waals surface area contributed by atoms with E-state index in [1.165, 1.54) is 0 Å². The van der Waals surface area contributed by atoms with Gasteiger partial charge in [-0.3, -0.25) is 0 Å². The Morgan fingerprint density at radius 1 is 1.16 bits per heavy atom. The summed E-state index contributed by atoms with van der Waals surface area (Å²) in [6, 6.07) is -1.25. The van der Waals surface area contributed by atoms with E-state index in [-0.39, 0.29) is 16.7 Å². The zero-order valence-corrected chi connectivity index (χ0v) is 12.7. The summed E-state index contributed by atoms with van der Waals surface area (Å²) < 4.78 is 0. The lowest BCUT2D eigenvalue weighted by Crippen LogP contribution is -2.49. The van der Waals surface area contributed by atoms with Crippen LogP contribution < -0.4 is 10.6 Å². The van der Waals surface area contributed by atoms with E-state index in [9.17, 15) is 9.59 Å². The Bertz CT molecular complexity index is 361. The quantitative estimate of drug-likeness (QED) is 0.715. The summed E-state index contributed by atoms with van der Waals surface area (Å²) in [4.78, 5) is 22.7. The lowest BCUT2D eigenvalue weighted by atomic mass is 10.0. The zero-order valence-electron chi connectivity index (χ0n) is 12.7. The third kappa shape index (κ3) is 3.01. The second-order valence-corrected chi connectivity index (χ2v) is 6.91. The topological polar surface area (TPSA) is 78.4 Å². The normalized spacial score (nSPS) is 21.8. The Morgan fingerprint density at radius 2 is 1.63 bits per heavy atom. The van der Waals surface area contributed by atoms with Crippen LogP contribution in [0.5, 0.6) is 0 Å². The third-order valence-corrected chi connectivity index (χ3v) is 5.01. The Kier molecular flexibility index (Phi) is 4.17. The van der Waals surface area contributed by atoms with Crippen LogP contribution in [0.15, 0.2) is 0 Å². The monoisotopic (exact) mass is 270 g/mol. The van der Waals surface area contributed by atoms with Crippen LogP contribution in [-0.4, -0.2) is 29.7 Å². The standard InChI is InChI=1S/C14H26N2O3/c1-8(2)10(11(17)18)16-12(19)15-7-9-13(3,4)14(9,5)6/h8-10H,7H2,1-6H3,(H,17,18)(H2,15,16,19)/t10-/m1/s1. The predicted octanol–water partition coefficient (Wildman–Crippen LogP) is 2.08. The van der Waals surface area contributed by atoms with Crippen LogP contribution in [0.3, 0.4) is 0 Å². The highest BCUT2D eigenvalue weighted by Crippen LogP contribution is 2.67. The van der Waals surface area contributed by atoms with Crippen LogP contribution in [0.2, 0.25) is 0 Å². The van der Waals surface area contributed by atoms with E-state index in [0.29, 0.717) is 12.5 Å². The van der Waals surface area contributed by atoms with Crippen molar-refractivity contribution in [3.05, 3.63) is 0 Å². The SMILES string of the molecule is CC(C)[C@@H](NC(=O)NCC1C(C)(C)C1(C)C)C(=O)O. The summed E-state index contributed by atoms with van der Waals surface area (Å²) >= 11 is 0. The van der Waals surface area contributed by atoms with Gasteiger partial charge in [-0.05, 0) is 22.7 Å². The lowest BCUT2D eigenvalue weighted by Gasteiger charge is -2.18. The van der Waals surface area contributed by atoms with Crippen LogP contribution in [0, 0.1) is 22.7 Å².